The van der Waals surface area contributed by atoms with Crippen molar-refractivity contribution in [2.24, 2.45) is 5.92 Å². The number of aromatic hydroxyl groups is 1. The van der Waals surface area contributed by atoms with E-state index in [1.165, 1.54) is 18.2 Å². The van der Waals surface area contributed by atoms with Crippen molar-refractivity contribution in [2.45, 2.75) is 32.4 Å². The van der Waals surface area contributed by atoms with Gasteiger partial charge in [0.15, 0.2) is 0 Å². The average molecular weight is 370 g/mol. The Morgan fingerprint density at radius 2 is 1.65 bits per heavy atom. The van der Waals surface area contributed by atoms with Crippen molar-refractivity contribution in [1.82, 2.24) is 0 Å². The van der Waals surface area contributed by atoms with Crippen LogP contribution in [-0.4, -0.2) is 16.2 Å². The monoisotopic (exact) mass is 370 g/mol. The largest absolute Gasteiger partial charge is 0.508 e. The van der Waals surface area contributed by atoms with Crippen LogP contribution in [0.2, 0.25) is 0 Å². The third-order valence-electron chi connectivity index (χ3n) is 3.91. The highest BCUT2D eigenvalue weighted by atomic mass is 19.4. The van der Waals surface area contributed by atoms with Gasteiger partial charge >= 0.3 is 12.1 Å². The van der Waals surface area contributed by atoms with Crippen molar-refractivity contribution < 1.29 is 32.6 Å². The van der Waals surface area contributed by atoms with Crippen LogP contribution in [0.1, 0.15) is 37.3 Å². The summed E-state index contributed by atoms with van der Waals surface area (Å²) in [6, 6.07) is 5.86. The molecule has 0 bridgehead atoms. The van der Waals surface area contributed by atoms with Crippen LogP contribution in [-0.2, 0) is 11.0 Å². The van der Waals surface area contributed by atoms with Gasteiger partial charge in [0.05, 0.1) is 11.5 Å². The number of rotatable bonds is 5. The molecule has 0 saturated carbocycles. The van der Waals surface area contributed by atoms with Crippen LogP contribution in [0, 0.1) is 11.7 Å². The Hall–Kier alpha value is -2.57. The molecule has 0 aromatic heterocycles. The predicted octanol–water partition coefficient (Wildman–Crippen LogP) is 5.43. The molecule has 0 saturated heterocycles. The minimum atomic E-state index is -4.72. The molecule has 7 heteroatoms. The summed E-state index contributed by atoms with van der Waals surface area (Å²) in [5, 5.41) is 19.3. The van der Waals surface area contributed by atoms with E-state index in [4.69, 9.17) is 0 Å². The molecule has 2 N–H and O–H groups in total. The maximum atomic E-state index is 13.6. The number of phenols is 1. The normalized spacial score (nSPS) is 13.0. The molecule has 2 aromatic carbocycles. The molecule has 3 nitrogen and oxygen atoms in total. The summed E-state index contributed by atoms with van der Waals surface area (Å²) in [5.41, 5.74) is -0.892. The van der Waals surface area contributed by atoms with Gasteiger partial charge in [-0.15, -0.1) is 0 Å². The van der Waals surface area contributed by atoms with Crippen LogP contribution < -0.4 is 0 Å². The van der Waals surface area contributed by atoms with Gasteiger partial charge in [-0.1, -0.05) is 19.9 Å². The highest BCUT2D eigenvalue weighted by molar-refractivity contribution is 5.78. The molecule has 0 aliphatic rings. The highest BCUT2D eigenvalue weighted by Gasteiger charge is 2.31. The molecular weight excluding hydrogens is 352 g/mol. The molecule has 0 fully saturated rings. The van der Waals surface area contributed by atoms with Crippen LogP contribution in [0.25, 0.3) is 11.1 Å². The fourth-order valence-corrected chi connectivity index (χ4v) is 2.77. The molecule has 0 amide bonds. The van der Waals surface area contributed by atoms with E-state index < -0.39 is 29.4 Å². The lowest BCUT2D eigenvalue weighted by molar-refractivity contribution is -0.139. The van der Waals surface area contributed by atoms with Crippen LogP contribution >= 0.6 is 0 Å². The molecule has 2 rings (SSSR count). The second kappa shape index (κ2) is 7.35. The third kappa shape index (κ3) is 4.74. The van der Waals surface area contributed by atoms with E-state index in [2.05, 4.69) is 0 Å². The molecule has 1 atom stereocenters. The second-order valence-corrected chi connectivity index (χ2v) is 6.56. The third-order valence-corrected chi connectivity index (χ3v) is 3.91. The molecule has 0 radical (unpaired) electrons. The lowest BCUT2D eigenvalue weighted by Crippen LogP contribution is -2.14. The van der Waals surface area contributed by atoms with E-state index in [0.717, 1.165) is 12.1 Å². The summed E-state index contributed by atoms with van der Waals surface area (Å²) < 4.78 is 52.4. The molecule has 2 aromatic rings. The molecule has 26 heavy (non-hydrogen) atoms. The van der Waals surface area contributed by atoms with Gasteiger partial charge in [-0.2, -0.15) is 13.2 Å². The first-order chi connectivity index (χ1) is 12.0. The number of hydrogen-bond donors (Lipinski definition) is 2. The first-order valence-electron chi connectivity index (χ1n) is 7.92. The summed E-state index contributed by atoms with van der Waals surface area (Å²) in [5.74, 6) is -3.36. The van der Waals surface area contributed by atoms with Gasteiger partial charge in [-0.3, -0.25) is 4.79 Å². The van der Waals surface area contributed by atoms with Crippen LogP contribution in [0.4, 0.5) is 17.6 Å². The first-order valence-corrected chi connectivity index (χ1v) is 7.92. The zero-order valence-corrected chi connectivity index (χ0v) is 14.1. The Bertz CT molecular complexity index is 813. The topological polar surface area (TPSA) is 57.5 Å². The molecule has 0 spiro atoms. The van der Waals surface area contributed by atoms with E-state index in [0.29, 0.717) is 6.07 Å². The van der Waals surface area contributed by atoms with Crippen LogP contribution in [0.15, 0.2) is 36.4 Å². The van der Waals surface area contributed by atoms with E-state index in [9.17, 15) is 32.6 Å². The SMILES string of the molecule is CC(C)CC(C(=O)O)c1cc(O)cc(-c2cc(F)cc(C(F)(F)F)c2)c1. The number of phenolic OH excluding ortho intramolecular Hbond substituents is 1. The van der Waals surface area contributed by atoms with Gasteiger partial charge in [-0.05, 0) is 59.4 Å². The number of benzene rings is 2. The maximum absolute atomic E-state index is 13.6. The zero-order chi connectivity index (χ0) is 19.6. The quantitative estimate of drug-likeness (QED) is 0.690. The Morgan fingerprint density at radius 3 is 2.19 bits per heavy atom. The minimum Gasteiger partial charge on any atom is -0.508 e. The Labute approximate surface area is 147 Å². The molecule has 1 unspecified atom stereocenters. The summed E-state index contributed by atoms with van der Waals surface area (Å²) in [6.07, 6.45) is -4.44. The van der Waals surface area contributed by atoms with Gasteiger partial charge in [0.2, 0.25) is 0 Å². The summed E-state index contributed by atoms with van der Waals surface area (Å²) >= 11 is 0. The lowest BCUT2D eigenvalue weighted by atomic mass is 9.88. The number of carboxylic acid groups (broad SMARTS) is 1. The minimum absolute atomic E-state index is 0.0490. The maximum Gasteiger partial charge on any atom is 0.416 e. The van der Waals surface area contributed by atoms with Crippen LogP contribution in [0.3, 0.4) is 0 Å². The van der Waals surface area contributed by atoms with Gasteiger partial charge in [-0.25, -0.2) is 4.39 Å². The summed E-state index contributed by atoms with van der Waals surface area (Å²) in [6.45, 7) is 3.67. The number of carbonyl (C=O) groups is 1. The molecule has 0 heterocycles. The van der Waals surface area contributed by atoms with E-state index >= 15 is 0 Å². The predicted molar refractivity (Wildman–Crippen MR) is 88.3 cm³/mol. The Balaban J connectivity index is 2.57. The van der Waals surface area contributed by atoms with E-state index in [1.54, 1.807) is 0 Å². The fraction of sp³-hybridized carbons (Fsp3) is 0.316. The Morgan fingerprint density at radius 1 is 1.04 bits per heavy atom. The zero-order valence-electron chi connectivity index (χ0n) is 14.1. The summed E-state index contributed by atoms with van der Waals surface area (Å²) in [4.78, 5) is 11.5. The van der Waals surface area contributed by atoms with Crippen molar-refractivity contribution in [2.75, 3.05) is 0 Å². The number of halogens is 4. The van der Waals surface area contributed by atoms with Gasteiger partial charge < -0.3 is 10.2 Å². The number of carboxylic acids is 1. The average Bonchev–Trinajstić information content (AvgIpc) is 2.50. The summed E-state index contributed by atoms with van der Waals surface area (Å²) in [7, 11) is 0. The van der Waals surface area contributed by atoms with Crippen molar-refractivity contribution in [3.8, 4) is 16.9 Å². The van der Waals surface area contributed by atoms with Gasteiger partial charge in [0.1, 0.15) is 11.6 Å². The standard InChI is InChI=1S/C19H18F4O3/c1-10(2)3-17(18(25)26)13-4-11(7-16(24)8-13)12-5-14(19(21,22)23)9-15(20)6-12/h4-10,17,24H,3H2,1-2H3,(H,25,26). The first kappa shape index (κ1) is 19.8. The van der Waals surface area contributed by atoms with E-state index in [-0.39, 0.29) is 34.8 Å². The van der Waals surface area contributed by atoms with Crippen molar-refractivity contribution in [3.63, 3.8) is 0 Å². The smallest absolute Gasteiger partial charge is 0.416 e. The molecule has 0 aliphatic heterocycles. The Kier molecular flexibility index (Phi) is 5.59. The number of alkyl halides is 3. The number of hydrogen-bond acceptors (Lipinski definition) is 2. The fourth-order valence-electron chi connectivity index (χ4n) is 2.77. The molecule has 0 aliphatic carbocycles. The van der Waals surface area contributed by atoms with Gasteiger partial charge in [0.25, 0.3) is 0 Å². The molecular formula is C19H18F4O3. The van der Waals surface area contributed by atoms with Crippen molar-refractivity contribution in [3.05, 3.63) is 53.3 Å². The van der Waals surface area contributed by atoms with E-state index in [1.807, 2.05) is 13.8 Å². The van der Waals surface area contributed by atoms with Crippen molar-refractivity contribution in [1.29, 1.82) is 0 Å². The van der Waals surface area contributed by atoms with Crippen LogP contribution in [0.5, 0.6) is 5.75 Å². The second-order valence-electron chi connectivity index (χ2n) is 6.56. The molecule has 140 valence electrons. The lowest BCUT2D eigenvalue weighted by Gasteiger charge is -2.17. The highest BCUT2D eigenvalue weighted by Crippen LogP contribution is 2.36. The van der Waals surface area contributed by atoms with Crippen molar-refractivity contribution >= 4 is 5.97 Å². The number of aliphatic carboxylic acids is 1. The van der Waals surface area contributed by atoms with Gasteiger partial charge in [0, 0.05) is 0 Å².